The van der Waals surface area contributed by atoms with E-state index in [9.17, 15) is 8.42 Å². The van der Waals surface area contributed by atoms with E-state index in [0.29, 0.717) is 5.88 Å². The molecule has 3 unspecified atom stereocenters. The molecule has 1 saturated carbocycles. The summed E-state index contributed by atoms with van der Waals surface area (Å²) in [6.07, 6.45) is 2.46. The summed E-state index contributed by atoms with van der Waals surface area (Å²) in [4.78, 5) is 0. The quantitative estimate of drug-likeness (QED) is 0.765. The van der Waals surface area contributed by atoms with Gasteiger partial charge in [0.05, 0.1) is 17.7 Å². The van der Waals surface area contributed by atoms with E-state index in [1.165, 1.54) is 0 Å². The van der Waals surface area contributed by atoms with Gasteiger partial charge in [0, 0.05) is 11.9 Å². The van der Waals surface area contributed by atoms with Crippen molar-refractivity contribution in [3.8, 4) is 6.07 Å². The summed E-state index contributed by atoms with van der Waals surface area (Å²) in [5, 5.41) is 8.86. The maximum absolute atomic E-state index is 11.7. The smallest absolute Gasteiger partial charge is 0.212 e. The van der Waals surface area contributed by atoms with Crippen LogP contribution >= 0.6 is 11.6 Å². The van der Waals surface area contributed by atoms with Gasteiger partial charge in [0.15, 0.2) is 0 Å². The summed E-state index contributed by atoms with van der Waals surface area (Å²) in [6.45, 7) is 1.79. The van der Waals surface area contributed by atoms with Crippen LogP contribution in [0.3, 0.4) is 0 Å². The lowest BCUT2D eigenvalue weighted by Crippen LogP contribution is -2.39. The molecule has 6 heteroatoms. The zero-order chi connectivity index (χ0) is 12.2. The molecule has 0 radical (unpaired) electrons. The van der Waals surface area contributed by atoms with Gasteiger partial charge in [-0.3, -0.25) is 0 Å². The third kappa shape index (κ3) is 3.93. The lowest BCUT2D eigenvalue weighted by Gasteiger charge is -2.17. The highest BCUT2D eigenvalue weighted by atomic mass is 35.5. The van der Waals surface area contributed by atoms with Crippen molar-refractivity contribution in [1.29, 1.82) is 5.26 Å². The Balaban J connectivity index is 2.56. The van der Waals surface area contributed by atoms with E-state index in [0.717, 1.165) is 19.3 Å². The van der Waals surface area contributed by atoms with Gasteiger partial charge in [-0.15, -0.1) is 11.6 Å². The minimum absolute atomic E-state index is 0.0329. The molecule has 4 nitrogen and oxygen atoms in total. The van der Waals surface area contributed by atoms with Gasteiger partial charge in [-0.1, -0.05) is 13.3 Å². The molecule has 1 rings (SSSR count). The number of hydrogen-bond donors (Lipinski definition) is 1. The topological polar surface area (TPSA) is 70.0 Å². The van der Waals surface area contributed by atoms with Crippen LogP contribution in [0.25, 0.3) is 0 Å². The van der Waals surface area contributed by atoms with Crippen LogP contribution in [0.4, 0.5) is 0 Å². The van der Waals surface area contributed by atoms with Crippen LogP contribution in [-0.2, 0) is 10.0 Å². The molecule has 0 aromatic rings. The molecule has 1 N–H and O–H groups in total. The Hall–Kier alpha value is -0.310. The summed E-state index contributed by atoms with van der Waals surface area (Å²) in [5.74, 6) is 0.112. The molecule has 1 fully saturated rings. The van der Waals surface area contributed by atoms with Crippen LogP contribution in [0.5, 0.6) is 0 Å². The number of alkyl halides is 1. The molecule has 0 amide bonds. The van der Waals surface area contributed by atoms with Gasteiger partial charge in [-0.2, -0.15) is 5.26 Å². The number of halogens is 1. The molecule has 92 valence electrons. The predicted octanol–water partition coefficient (Wildman–Crippen LogP) is 1.47. The maximum Gasteiger partial charge on any atom is 0.212 e. The standard InChI is InChI=1S/C10H17ClN2O2S/c1-8(5-11)7-16(14,15)13-10-4-2-3-9(10)6-12/h8-10,13H,2-5,7H2,1H3. The number of nitrogens with zero attached hydrogens (tertiary/aromatic N) is 1. The molecule has 3 atom stereocenters. The molecule has 0 aromatic heterocycles. The van der Waals surface area contributed by atoms with Crippen molar-refractivity contribution in [2.45, 2.75) is 32.2 Å². The number of sulfonamides is 1. The zero-order valence-corrected chi connectivity index (χ0v) is 10.9. The Morgan fingerprint density at radius 1 is 1.56 bits per heavy atom. The minimum atomic E-state index is -3.30. The molecule has 0 saturated heterocycles. The summed E-state index contributed by atoms with van der Waals surface area (Å²) < 4.78 is 26.1. The van der Waals surface area contributed by atoms with Crippen molar-refractivity contribution >= 4 is 21.6 Å². The van der Waals surface area contributed by atoms with E-state index >= 15 is 0 Å². The van der Waals surface area contributed by atoms with Crippen molar-refractivity contribution in [2.75, 3.05) is 11.6 Å². The molecule has 1 aliphatic carbocycles. The summed E-state index contributed by atoms with van der Waals surface area (Å²) in [6, 6.07) is 1.94. The fourth-order valence-corrected chi connectivity index (χ4v) is 3.90. The molecule has 0 aromatic carbocycles. The van der Waals surface area contributed by atoms with E-state index in [1.807, 2.05) is 0 Å². The number of rotatable bonds is 5. The van der Waals surface area contributed by atoms with Crippen LogP contribution in [0.1, 0.15) is 26.2 Å². The molecule has 0 heterocycles. The van der Waals surface area contributed by atoms with Crippen molar-refractivity contribution in [3.05, 3.63) is 0 Å². The van der Waals surface area contributed by atoms with Gasteiger partial charge in [-0.25, -0.2) is 13.1 Å². The van der Waals surface area contributed by atoms with Gasteiger partial charge >= 0.3 is 0 Å². The van der Waals surface area contributed by atoms with E-state index in [4.69, 9.17) is 16.9 Å². The van der Waals surface area contributed by atoms with Crippen LogP contribution < -0.4 is 4.72 Å². The lowest BCUT2D eigenvalue weighted by molar-refractivity contribution is 0.509. The Kier molecular flexibility index (Phi) is 5.03. The molecule has 0 bridgehead atoms. The second kappa shape index (κ2) is 5.85. The second-order valence-corrected chi connectivity index (χ2v) is 6.54. The highest BCUT2D eigenvalue weighted by molar-refractivity contribution is 7.89. The molecule has 0 aliphatic heterocycles. The van der Waals surface area contributed by atoms with Crippen molar-refractivity contribution in [3.63, 3.8) is 0 Å². The first-order valence-corrected chi connectivity index (χ1v) is 7.62. The van der Waals surface area contributed by atoms with Gasteiger partial charge in [-0.05, 0) is 18.8 Å². The monoisotopic (exact) mass is 264 g/mol. The number of hydrogen-bond acceptors (Lipinski definition) is 3. The first-order chi connectivity index (χ1) is 7.48. The fourth-order valence-electron chi connectivity index (χ4n) is 1.95. The third-order valence-electron chi connectivity index (χ3n) is 2.78. The first kappa shape index (κ1) is 13.8. The van der Waals surface area contributed by atoms with Gasteiger partial charge in [0.25, 0.3) is 0 Å². The van der Waals surface area contributed by atoms with E-state index < -0.39 is 10.0 Å². The van der Waals surface area contributed by atoms with Crippen LogP contribution in [0.15, 0.2) is 0 Å². The normalized spacial score (nSPS) is 27.6. The highest BCUT2D eigenvalue weighted by Crippen LogP contribution is 2.25. The van der Waals surface area contributed by atoms with Gasteiger partial charge in [0.2, 0.25) is 10.0 Å². The van der Waals surface area contributed by atoms with Crippen LogP contribution in [-0.4, -0.2) is 26.1 Å². The summed E-state index contributed by atoms with van der Waals surface area (Å²) in [5.41, 5.74) is 0. The SMILES string of the molecule is CC(CCl)CS(=O)(=O)NC1CCCC1C#N. The minimum Gasteiger partial charge on any atom is -0.212 e. The number of nitrogens with one attached hydrogen (secondary N) is 1. The predicted molar refractivity (Wildman–Crippen MR) is 63.5 cm³/mol. The Morgan fingerprint density at radius 3 is 2.81 bits per heavy atom. The third-order valence-corrected chi connectivity index (χ3v) is 4.98. The maximum atomic E-state index is 11.7. The van der Waals surface area contributed by atoms with Crippen LogP contribution in [0, 0.1) is 23.2 Å². The zero-order valence-electron chi connectivity index (χ0n) is 9.32. The molecular formula is C10H17ClN2O2S. The average molecular weight is 265 g/mol. The first-order valence-electron chi connectivity index (χ1n) is 5.44. The van der Waals surface area contributed by atoms with E-state index in [2.05, 4.69) is 10.8 Å². The van der Waals surface area contributed by atoms with Gasteiger partial charge < -0.3 is 0 Å². The molecule has 0 spiro atoms. The Morgan fingerprint density at radius 2 is 2.25 bits per heavy atom. The Bertz CT molecular complexity index is 364. The molecular weight excluding hydrogens is 248 g/mol. The number of nitriles is 1. The van der Waals surface area contributed by atoms with Gasteiger partial charge in [0.1, 0.15) is 0 Å². The molecule has 16 heavy (non-hydrogen) atoms. The second-order valence-electron chi connectivity index (χ2n) is 4.43. The Labute approximate surface area is 102 Å². The largest absolute Gasteiger partial charge is 0.212 e. The average Bonchev–Trinajstić information content (AvgIpc) is 2.63. The van der Waals surface area contributed by atoms with E-state index in [-0.39, 0.29) is 23.6 Å². The summed E-state index contributed by atoms with van der Waals surface area (Å²) in [7, 11) is -3.30. The lowest BCUT2D eigenvalue weighted by atomic mass is 10.1. The van der Waals surface area contributed by atoms with Crippen molar-refractivity contribution < 1.29 is 8.42 Å². The summed E-state index contributed by atoms with van der Waals surface area (Å²) >= 11 is 5.59. The van der Waals surface area contributed by atoms with E-state index in [1.54, 1.807) is 6.92 Å². The van der Waals surface area contributed by atoms with Crippen molar-refractivity contribution in [1.82, 2.24) is 4.72 Å². The highest BCUT2D eigenvalue weighted by Gasteiger charge is 2.30. The molecule has 1 aliphatic rings. The van der Waals surface area contributed by atoms with Crippen LogP contribution in [0.2, 0.25) is 0 Å². The van der Waals surface area contributed by atoms with Crippen molar-refractivity contribution in [2.24, 2.45) is 11.8 Å². The fraction of sp³-hybridized carbons (Fsp3) is 0.900.